The van der Waals surface area contributed by atoms with Gasteiger partial charge in [-0.25, -0.2) is 9.69 Å². The third-order valence-electron chi connectivity index (χ3n) is 4.20. The van der Waals surface area contributed by atoms with Crippen LogP contribution in [0.3, 0.4) is 0 Å². The van der Waals surface area contributed by atoms with Gasteiger partial charge in [0, 0.05) is 11.1 Å². The van der Waals surface area contributed by atoms with Crippen LogP contribution in [0.2, 0.25) is 0 Å². The van der Waals surface area contributed by atoms with Crippen molar-refractivity contribution in [2.75, 3.05) is 4.90 Å². The van der Waals surface area contributed by atoms with E-state index in [1.54, 1.807) is 36.4 Å². The minimum atomic E-state index is -0.644. The molecular formula is C21H21NO4. The van der Waals surface area contributed by atoms with Crippen LogP contribution in [0.5, 0.6) is 0 Å². The topological polar surface area (TPSA) is 63.7 Å². The fraction of sp³-hybridized carbons (Fsp3) is 0.286. The quantitative estimate of drug-likeness (QED) is 0.748. The molecule has 2 aromatic carbocycles. The van der Waals surface area contributed by atoms with Crippen molar-refractivity contribution in [3.05, 3.63) is 58.7 Å². The van der Waals surface area contributed by atoms with Gasteiger partial charge in [-0.2, -0.15) is 0 Å². The van der Waals surface area contributed by atoms with Gasteiger partial charge in [-0.3, -0.25) is 9.59 Å². The fourth-order valence-electron chi connectivity index (χ4n) is 3.10. The van der Waals surface area contributed by atoms with Crippen molar-refractivity contribution in [1.82, 2.24) is 0 Å². The number of aldehydes is 2. The number of fused-ring (bicyclic) bond motifs is 2. The molecule has 0 bridgehead atoms. The molecule has 0 unspecified atom stereocenters. The van der Waals surface area contributed by atoms with E-state index in [0.717, 1.165) is 23.7 Å². The minimum absolute atomic E-state index is 0.486. The summed E-state index contributed by atoms with van der Waals surface area (Å²) in [5, 5.41) is 0. The lowest BCUT2D eigenvalue weighted by Gasteiger charge is -2.28. The van der Waals surface area contributed by atoms with E-state index >= 15 is 0 Å². The second-order valence-corrected chi connectivity index (χ2v) is 7.33. The number of aryl methyl sites for hydroxylation is 2. The number of carbonyl (C=O) groups excluding carboxylic acids is 3. The maximum Gasteiger partial charge on any atom is 0.419 e. The maximum atomic E-state index is 13.0. The van der Waals surface area contributed by atoms with Crippen molar-refractivity contribution in [1.29, 1.82) is 0 Å². The zero-order valence-electron chi connectivity index (χ0n) is 15.1. The molecule has 5 nitrogen and oxygen atoms in total. The Morgan fingerprint density at radius 1 is 0.923 bits per heavy atom. The molecule has 26 heavy (non-hydrogen) atoms. The number of ether oxygens (including phenoxy) is 1. The van der Waals surface area contributed by atoms with Crippen LogP contribution >= 0.6 is 0 Å². The predicted molar refractivity (Wildman–Crippen MR) is 99.4 cm³/mol. The lowest BCUT2D eigenvalue weighted by Crippen LogP contribution is -2.34. The van der Waals surface area contributed by atoms with Gasteiger partial charge in [0.05, 0.1) is 11.4 Å². The molecular weight excluding hydrogens is 330 g/mol. The molecule has 0 spiro atoms. The summed E-state index contributed by atoms with van der Waals surface area (Å²) < 4.78 is 5.61. The number of hydrogen-bond donors (Lipinski definition) is 0. The summed E-state index contributed by atoms with van der Waals surface area (Å²) in [4.78, 5) is 36.8. The third-order valence-corrected chi connectivity index (χ3v) is 4.20. The molecule has 0 radical (unpaired) electrons. The molecule has 0 atom stereocenters. The highest BCUT2D eigenvalue weighted by Gasteiger charge is 2.30. The van der Waals surface area contributed by atoms with Gasteiger partial charge in [-0.15, -0.1) is 0 Å². The highest BCUT2D eigenvalue weighted by Crippen LogP contribution is 2.37. The molecule has 1 amide bonds. The van der Waals surface area contributed by atoms with Crippen LogP contribution in [0.4, 0.5) is 16.2 Å². The van der Waals surface area contributed by atoms with Crippen molar-refractivity contribution in [3.8, 4) is 0 Å². The fourth-order valence-corrected chi connectivity index (χ4v) is 3.10. The Hall–Kier alpha value is -2.95. The summed E-state index contributed by atoms with van der Waals surface area (Å²) in [6.45, 7) is 5.45. The first-order valence-corrected chi connectivity index (χ1v) is 8.52. The van der Waals surface area contributed by atoms with Crippen LogP contribution in [-0.4, -0.2) is 24.3 Å². The number of carbonyl (C=O) groups is 3. The van der Waals surface area contributed by atoms with Crippen molar-refractivity contribution in [2.45, 2.75) is 39.2 Å². The Balaban J connectivity index is 2.17. The maximum absolute atomic E-state index is 13.0. The monoisotopic (exact) mass is 351 g/mol. The number of nitrogens with zero attached hydrogens (tertiary/aromatic N) is 1. The molecule has 1 heterocycles. The minimum Gasteiger partial charge on any atom is -0.443 e. The van der Waals surface area contributed by atoms with Crippen molar-refractivity contribution < 1.29 is 19.1 Å². The van der Waals surface area contributed by atoms with Gasteiger partial charge < -0.3 is 4.74 Å². The first-order valence-electron chi connectivity index (χ1n) is 8.52. The molecule has 0 saturated carbocycles. The molecule has 1 aliphatic rings. The number of anilines is 2. The number of rotatable bonds is 2. The average Bonchev–Trinajstić information content (AvgIpc) is 2.75. The van der Waals surface area contributed by atoms with Gasteiger partial charge in [0.2, 0.25) is 0 Å². The van der Waals surface area contributed by atoms with E-state index in [-0.39, 0.29) is 0 Å². The van der Waals surface area contributed by atoms with Gasteiger partial charge in [-0.05, 0) is 81.1 Å². The Kier molecular flexibility index (Phi) is 4.64. The first-order chi connectivity index (χ1) is 12.3. The number of benzene rings is 2. The highest BCUT2D eigenvalue weighted by atomic mass is 16.6. The van der Waals surface area contributed by atoms with E-state index in [9.17, 15) is 14.4 Å². The predicted octanol–water partition coefficient (Wildman–Crippen LogP) is 4.48. The molecule has 134 valence electrons. The molecule has 0 N–H and O–H groups in total. The molecule has 3 rings (SSSR count). The molecule has 0 aromatic heterocycles. The van der Waals surface area contributed by atoms with Crippen LogP contribution in [-0.2, 0) is 17.6 Å². The SMILES string of the molecule is CC(C)(C)OC(=O)N1c2ccc(C=O)cc2CCc2cc(C=O)ccc21. The standard InChI is InChI=1S/C21H21NO4/c1-21(2,3)26-20(25)22-18-8-4-14(12-23)10-16(18)6-7-17-11-15(13-24)5-9-19(17)22/h4-5,8-13H,6-7H2,1-3H3. The average molecular weight is 351 g/mol. The van der Waals surface area contributed by atoms with Crippen LogP contribution in [0.15, 0.2) is 36.4 Å². The van der Waals surface area contributed by atoms with Crippen molar-refractivity contribution in [3.63, 3.8) is 0 Å². The summed E-state index contributed by atoms with van der Waals surface area (Å²) in [6.07, 6.45) is 2.41. The van der Waals surface area contributed by atoms with E-state index < -0.39 is 11.7 Å². The van der Waals surface area contributed by atoms with Gasteiger partial charge in [0.15, 0.2) is 0 Å². The zero-order valence-corrected chi connectivity index (χ0v) is 15.1. The smallest absolute Gasteiger partial charge is 0.419 e. The van der Waals surface area contributed by atoms with Crippen molar-refractivity contribution >= 4 is 30.0 Å². The molecule has 0 saturated heterocycles. The molecule has 1 aliphatic heterocycles. The van der Waals surface area contributed by atoms with E-state index in [1.165, 1.54) is 4.90 Å². The second kappa shape index (κ2) is 6.75. The van der Waals surface area contributed by atoms with Gasteiger partial charge in [0.25, 0.3) is 0 Å². The number of hydrogen-bond acceptors (Lipinski definition) is 4. The van der Waals surface area contributed by atoms with Crippen LogP contribution in [0.25, 0.3) is 0 Å². The second-order valence-electron chi connectivity index (χ2n) is 7.33. The van der Waals surface area contributed by atoms with Gasteiger partial charge >= 0.3 is 6.09 Å². The van der Waals surface area contributed by atoms with E-state index in [0.29, 0.717) is 35.3 Å². The Labute approximate surface area is 152 Å². The molecule has 0 aliphatic carbocycles. The van der Waals surface area contributed by atoms with Gasteiger partial charge in [-0.1, -0.05) is 0 Å². The zero-order chi connectivity index (χ0) is 18.9. The molecule has 2 aromatic rings. The normalized spacial score (nSPS) is 13.3. The highest BCUT2D eigenvalue weighted by molar-refractivity contribution is 5.99. The number of amides is 1. The summed E-state index contributed by atoms with van der Waals surface area (Å²) in [5.41, 5.74) is 3.66. The largest absolute Gasteiger partial charge is 0.443 e. The summed E-state index contributed by atoms with van der Waals surface area (Å²) in [5.74, 6) is 0. The summed E-state index contributed by atoms with van der Waals surface area (Å²) in [7, 11) is 0. The summed E-state index contributed by atoms with van der Waals surface area (Å²) >= 11 is 0. The van der Waals surface area contributed by atoms with Gasteiger partial charge in [0.1, 0.15) is 18.2 Å². The Morgan fingerprint density at radius 3 is 1.77 bits per heavy atom. The lowest BCUT2D eigenvalue weighted by atomic mass is 10.0. The lowest BCUT2D eigenvalue weighted by molar-refractivity contribution is 0.0598. The van der Waals surface area contributed by atoms with E-state index in [2.05, 4.69) is 0 Å². The van der Waals surface area contributed by atoms with E-state index in [4.69, 9.17) is 4.74 Å². The Bertz CT molecular complexity index is 821. The third kappa shape index (κ3) is 3.52. The van der Waals surface area contributed by atoms with Crippen LogP contribution < -0.4 is 4.90 Å². The van der Waals surface area contributed by atoms with E-state index in [1.807, 2.05) is 20.8 Å². The molecule has 0 fully saturated rings. The van der Waals surface area contributed by atoms with Crippen LogP contribution in [0.1, 0.15) is 52.6 Å². The molecule has 5 heteroatoms. The Morgan fingerprint density at radius 2 is 1.38 bits per heavy atom. The first kappa shape index (κ1) is 17.9. The van der Waals surface area contributed by atoms with Crippen molar-refractivity contribution in [2.24, 2.45) is 0 Å². The van der Waals surface area contributed by atoms with Crippen LogP contribution in [0, 0.1) is 0 Å². The summed E-state index contributed by atoms with van der Waals surface area (Å²) in [6, 6.07) is 10.5.